The van der Waals surface area contributed by atoms with Crippen molar-refractivity contribution in [3.8, 4) is 34.2 Å². The Kier molecular flexibility index (Phi) is 8.36. The van der Waals surface area contributed by atoms with Crippen molar-refractivity contribution in [3.63, 3.8) is 0 Å². The van der Waals surface area contributed by atoms with Crippen LogP contribution < -0.4 is 10.1 Å². The topological polar surface area (TPSA) is 126 Å². The predicted octanol–water partition coefficient (Wildman–Crippen LogP) is 5.66. The van der Waals surface area contributed by atoms with Crippen molar-refractivity contribution in [2.75, 3.05) is 6.61 Å². The molecule has 1 unspecified atom stereocenters. The van der Waals surface area contributed by atoms with Gasteiger partial charge in [-0.05, 0) is 76.4 Å². The Labute approximate surface area is 244 Å². The monoisotopic (exact) mass is 563 g/mol. The molecule has 0 saturated carbocycles. The van der Waals surface area contributed by atoms with Gasteiger partial charge in [0, 0.05) is 41.7 Å². The van der Waals surface area contributed by atoms with Gasteiger partial charge in [-0.3, -0.25) is 4.79 Å². The van der Waals surface area contributed by atoms with E-state index in [0.29, 0.717) is 29.7 Å². The number of rotatable bonds is 10. The van der Waals surface area contributed by atoms with E-state index in [0.717, 1.165) is 45.0 Å². The first kappa shape index (κ1) is 28.6. The minimum Gasteiger partial charge on any atom is -0.490 e. The van der Waals surface area contributed by atoms with Crippen molar-refractivity contribution in [1.82, 2.24) is 19.9 Å². The number of hydrogen-bond donors (Lipinski definition) is 2. The summed E-state index contributed by atoms with van der Waals surface area (Å²) >= 11 is 0. The van der Waals surface area contributed by atoms with Gasteiger partial charge in [0.05, 0.1) is 28.6 Å². The number of nitrogens with one attached hydrogen (secondary N) is 1. The second-order valence-electron chi connectivity index (χ2n) is 10.6. The third-order valence-corrected chi connectivity index (χ3v) is 7.05. The number of aliphatic hydroxyl groups is 1. The van der Waals surface area contributed by atoms with Gasteiger partial charge >= 0.3 is 0 Å². The van der Waals surface area contributed by atoms with Crippen LogP contribution >= 0.6 is 0 Å². The van der Waals surface area contributed by atoms with Crippen LogP contribution in [0.1, 0.15) is 53.2 Å². The lowest BCUT2D eigenvalue weighted by molar-refractivity contribution is 0.0930. The molecule has 0 bridgehead atoms. The van der Waals surface area contributed by atoms with Gasteiger partial charge in [-0.25, -0.2) is 4.98 Å². The van der Waals surface area contributed by atoms with E-state index in [1.807, 2.05) is 80.9 Å². The van der Waals surface area contributed by atoms with Crippen LogP contribution in [0.25, 0.3) is 28.0 Å². The van der Waals surface area contributed by atoms with Crippen LogP contribution in [0.2, 0.25) is 0 Å². The number of fused-ring (bicyclic) bond motifs is 1. The Morgan fingerprint density at radius 1 is 1.17 bits per heavy atom. The Balaban J connectivity index is 1.32. The smallest absolute Gasteiger partial charge is 0.251 e. The number of carbonyl (C=O) groups is 1. The number of nitriles is 1. The molecule has 0 aliphatic rings. The number of nitrogens with zero attached hydrogens (tertiary/aromatic N) is 4. The summed E-state index contributed by atoms with van der Waals surface area (Å²) in [4.78, 5) is 18.0. The summed E-state index contributed by atoms with van der Waals surface area (Å²) in [6.45, 7) is 7.51. The molecule has 0 radical (unpaired) electrons. The number of aromatic nitrogens is 3. The van der Waals surface area contributed by atoms with Crippen molar-refractivity contribution in [2.45, 2.75) is 52.7 Å². The third kappa shape index (κ3) is 6.04. The number of aryl methyl sites for hydroxylation is 2. The van der Waals surface area contributed by atoms with E-state index in [4.69, 9.17) is 14.2 Å². The van der Waals surface area contributed by atoms with Crippen LogP contribution in [0, 0.1) is 25.2 Å². The molecular weight excluding hydrogens is 530 g/mol. The maximum Gasteiger partial charge on any atom is 0.251 e. The average molecular weight is 564 g/mol. The van der Waals surface area contributed by atoms with Gasteiger partial charge in [0.2, 0.25) is 0 Å². The summed E-state index contributed by atoms with van der Waals surface area (Å²) in [5.74, 6) is 0.889. The number of pyridine rings is 1. The summed E-state index contributed by atoms with van der Waals surface area (Å²) in [7, 11) is 0. The first-order valence-electron chi connectivity index (χ1n) is 13.9. The van der Waals surface area contributed by atoms with Crippen molar-refractivity contribution in [2.24, 2.45) is 0 Å². The number of hydrogen-bond acceptors (Lipinski definition) is 7. The maximum absolute atomic E-state index is 13.0. The molecule has 0 aliphatic heterocycles. The molecule has 0 fully saturated rings. The SMILES string of the molecule is Cc1noc(C)c1-c1cccn2cc(-c3ccc(CC(CCO)NC(=O)c4ccc(OC(C)C)c(C#N)c4)cc3)nc12. The zero-order valence-electron chi connectivity index (χ0n) is 24.1. The van der Waals surface area contributed by atoms with Crippen LogP contribution in [0.4, 0.5) is 0 Å². The molecule has 3 aromatic heterocycles. The van der Waals surface area contributed by atoms with E-state index in [9.17, 15) is 15.2 Å². The van der Waals surface area contributed by atoms with E-state index in [2.05, 4.69) is 16.5 Å². The van der Waals surface area contributed by atoms with Crippen LogP contribution in [-0.2, 0) is 6.42 Å². The Morgan fingerprint density at radius 2 is 1.95 bits per heavy atom. The number of aliphatic hydroxyl groups excluding tert-OH is 1. The molecule has 1 atom stereocenters. The lowest BCUT2D eigenvalue weighted by atomic mass is 10.0. The molecule has 3 heterocycles. The zero-order valence-corrected chi connectivity index (χ0v) is 24.1. The van der Waals surface area contributed by atoms with Gasteiger partial charge < -0.3 is 24.1 Å². The fraction of sp³-hybridized carbons (Fsp3) is 0.273. The molecule has 0 aliphatic carbocycles. The van der Waals surface area contributed by atoms with Crippen molar-refractivity contribution in [1.29, 1.82) is 5.26 Å². The second kappa shape index (κ2) is 12.3. The summed E-state index contributed by atoms with van der Waals surface area (Å²) in [6, 6.07) is 18.7. The van der Waals surface area contributed by atoms with Gasteiger partial charge in [0.15, 0.2) is 0 Å². The fourth-order valence-electron chi connectivity index (χ4n) is 5.08. The molecule has 214 valence electrons. The highest BCUT2D eigenvalue weighted by atomic mass is 16.5. The van der Waals surface area contributed by atoms with Gasteiger partial charge in [0.1, 0.15) is 23.2 Å². The minimum atomic E-state index is -0.309. The van der Waals surface area contributed by atoms with Crippen molar-refractivity contribution in [3.05, 3.63) is 95.1 Å². The number of amides is 1. The fourth-order valence-corrected chi connectivity index (χ4v) is 5.08. The van der Waals surface area contributed by atoms with E-state index in [1.54, 1.807) is 12.1 Å². The maximum atomic E-state index is 13.0. The Morgan fingerprint density at radius 3 is 2.62 bits per heavy atom. The minimum absolute atomic E-state index is 0.0671. The quantitative estimate of drug-likeness (QED) is 0.225. The molecule has 0 spiro atoms. The predicted molar refractivity (Wildman–Crippen MR) is 159 cm³/mol. The molecule has 2 N–H and O–H groups in total. The van der Waals surface area contributed by atoms with E-state index in [1.165, 1.54) is 6.07 Å². The van der Waals surface area contributed by atoms with Gasteiger partial charge in [-0.15, -0.1) is 0 Å². The standard InChI is InChI=1S/C33H33N5O4/c1-20(2)41-30-12-11-25(17-26(30)18-34)33(40)35-27(13-15-39)16-23-7-9-24(10-8-23)29-19-38-14-5-6-28(32(38)36-29)31-21(3)37-42-22(31)4/h5-12,14,17,19-20,27,39H,13,15-16H2,1-4H3,(H,35,40). The normalized spacial score (nSPS) is 11.9. The third-order valence-electron chi connectivity index (χ3n) is 7.05. The van der Waals surface area contributed by atoms with E-state index < -0.39 is 0 Å². The first-order chi connectivity index (χ1) is 20.3. The highest BCUT2D eigenvalue weighted by Crippen LogP contribution is 2.31. The zero-order chi connectivity index (χ0) is 29.8. The molecule has 9 heteroatoms. The Bertz CT molecular complexity index is 1740. The molecule has 42 heavy (non-hydrogen) atoms. The largest absolute Gasteiger partial charge is 0.490 e. The van der Waals surface area contributed by atoms with E-state index >= 15 is 0 Å². The highest BCUT2D eigenvalue weighted by molar-refractivity contribution is 5.95. The van der Waals surface area contributed by atoms with E-state index in [-0.39, 0.29) is 24.7 Å². The molecular formula is C33H33N5O4. The summed E-state index contributed by atoms with van der Waals surface area (Å²) in [6.07, 6.45) is 4.80. The molecule has 1 amide bonds. The number of benzene rings is 2. The number of imidazole rings is 1. The molecule has 9 nitrogen and oxygen atoms in total. The van der Waals surface area contributed by atoms with Gasteiger partial charge in [-0.1, -0.05) is 29.4 Å². The first-order valence-corrected chi connectivity index (χ1v) is 13.9. The molecule has 0 saturated heterocycles. The molecule has 2 aromatic carbocycles. The van der Waals surface area contributed by atoms with Crippen LogP contribution in [0.3, 0.4) is 0 Å². The van der Waals surface area contributed by atoms with Crippen LogP contribution in [-0.4, -0.2) is 44.3 Å². The van der Waals surface area contributed by atoms with Gasteiger partial charge in [0.25, 0.3) is 5.91 Å². The highest BCUT2D eigenvalue weighted by Gasteiger charge is 2.18. The lowest BCUT2D eigenvalue weighted by Crippen LogP contribution is -2.37. The summed E-state index contributed by atoms with van der Waals surface area (Å²) in [5.41, 5.74) is 7.02. The van der Waals surface area contributed by atoms with Crippen LogP contribution in [0.5, 0.6) is 5.75 Å². The van der Waals surface area contributed by atoms with Gasteiger partial charge in [-0.2, -0.15) is 5.26 Å². The van der Waals surface area contributed by atoms with Crippen molar-refractivity contribution >= 4 is 11.6 Å². The van der Waals surface area contributed by atoms with Crippen LogP contribution in [0.15, 0.2) is 71.5 Å². The lowest BCUT2D eigenvalue weighted by Gasteiger charge is -2.19. The second-order valence-corrected chi connectivity index (χ2v) is 10.6. The average Bonchev–Trinajstić information content (AvgIpc) is 3.56. The number of carbonyl (C=O) groups excluding carboxylic acids is 1. The molecule has 5 aromatic rings. The Hall–Kier alpha value is -4.94. The molecule has 5 rings (SSSR count). The number of ether oxygens (including phenoxy) is 1. The van der Waals surface area contributed by atoms with Crippen molar-refractivity contribution < 1.29 is 19.2 Å². The summed E-state index contributed by atoms with van der Waals surface area (Å²) in [5, 5.41) is 26.3. The summed E-state index contributed by atoms with van der Waals surface area (Å²) < 4.78 is 13.0.